The van der Waals surface area contributed by atoms with Gasteiger partial charge in [0.05, 0.1) is 11.8 Å². The molecule has 0 saturated heterocycles. The number of carbonyl (C=O) groups is 1. The monoisotopic (exact) mass is 222 g/mol. The largest absolute Gasteiger partial charge is 0.505 e. The number of hydrogen-bond acceptors (Lipinski definition) is 3. The molecule has 4 nitrogen and oxygen atoms in total. The predicted molar refractivity (Wildman–Crippen MR) is 62.2 cm³/mol. The Labute approximate surface area is 95.7 Å². The highest BCUT2D eigenvalue weighted by molar-refractivity contribution is 5.96. The summed E-state index contributed by atoms with van der Waals surface area (Å²) < 4.78 is 0. The third-order valence-corrected chi connectivity index (χ3v) is 2.77. The second kappa shape index (κ2) is 5.49. The van der Waals surface area contributed by atoms with E-state index in [9.17, 15) is 9.90 Å². The molecule has 1 atom stereocenters. The first-order valence-corrected chi connectivity index (χ1v) is 5.43. The van der Waals surface area contributed by atoms with Gasteiger partial charge in [0.1, 0.15) is 5.75 Å². The Morgan fingerprint density at radius 2 is 2.19 bits per heavy atom. The molecule has 0 aromatic carbocycles. The number of nitrogens with zero attached hydrogens (tertiary/aromatic N) is 1. The normalized spacial score (nSPS) is 12.5. The molecule has 0 radical (unpaired) electrons. The van der Waals surface area contributed by atoms with E-state index in [1.54, 1.807) is 0 Å². The van der Waals surface area contributed by atoms with Crippen molar-refractivity contribution in [2.45, 2.75) is 20.8 Å². The van der Waals surface area contributed by atoms with E-state index < -0.39 is 0 Å². The zero-order valence-corrected chi connectivity index (χ0v) is 9.90. The van der Waals surface area contributed by atoms with Crippen LogP contribution in [0, 0.1) is 11.8 Å². The van der Waals surface area contributed by atoms with Crippen molar-refractivity contribution in [2.24, 2.45) is 11.8 Å². The van der Waals surface area contributed by atoms with Gasteiger partial charge in [0.15, 0.2) is 0 Å². The molecule has 2 N–H and O–H groups in total. The average Bonchev–Trinajstić information content (AvgIpc) is 2.25. The quantitative estimate of drug-likeness (QED) is 0.816. The van der Waals surface area contributed by atoms with Crippen molar-refractivity contribution < 1.29 is 9.90 Å². The summed E-state index contributed by atoms with van der Waals surface area (Å²) in [5, 5.41) is 12.2. The first-order valence-electron chi connectivity index (χ1n) is 5.43. The second-order valence-electron chi connectivity index (χ2n) is 4.32. The lowest BCUT2D eigenvalue weighted by molar-refractivity contribution is 0.0942. The molecule has 88 valence electrons. The lowest BCUT2D eigenvalue weighted by Gasteiger charge is -2.16. The zero-order chi connectivity index (χ0) is 12.1. The standard InChI is InChI=1S/C12H18N2O2/c1-8(2)9(3)6-14-12(16)10-4-5-13-7-11(10)15/h4-5,7-9,15H,6H2,1-3H3,(H,14,16). The number of amides is 1. The van der Waals surface area contributed by atoms with Gasteiger partial charge in [-0.05, 0) is 17.9 Å². The summed E-state index contributed by atoms with van der Waals surface area (Å²) in [6.07, 6.45) is 2.75. The van der Waals surface area contributed by atoms with Gasteiger partial charge in [0, 0.05) is 12.7 Å². The Kier molecular flexibility index (Phi) is 4.28. The van der Waals surface area contributed by atoms with E-state index in [2.05, 4.69) is 31.1 Å². The van der Waals surface area contributed by atoms with Crippen LogP contribution in [-0.4, -0.2) is 22.5 Å². The highest BCUT2D eigenvalue weighted by Crippen LogP contribution is 2.14. The van der Waals surface area contributed by atoms with Crippen LogP contribution in [0.1, 0.15) is 31.1 Å². The number of rotatable bonds is 4. The van der Waals surface area contributed by atoms with E-state index in [1.807, 2.05) is 0 Å². The number of aromatic nitrogens is 1. The number of hydrogen-bond donors (Lipinski definition) is 2. The maximum Gasteiger partial charge on any atom is 0.255 e. The van der Waals surface area contributed by atoms with Crippen molar-refractivity contribution >= 4 is 5.91 Å². The molecule has 0 saturated carbocycles. The van der Waals surface area contributed by atoms with Crippen molar-refractivity contribution in [1.82, 2.24) is 10.3 Å². The first kappa shape index (κ1) is 12.5. The predicted octanol–water partition coefficient (Wildman–Crippen LogP) is 1.81. The first-order chi connectivity index (χ1) is 7.52. The molecule has 0 aliphatic rings. The molecule has 16 heavy (non-hydrogen) atoms. The van der Waals surface area contributed by atoms with E-state index in [-0.39, 0.29) is 17.2 Å². The summed E-state index contributed by atoms with van der Waals surface area (Å²) in [6.45, 7) is 6.91. The van der Waals surface area contributed by atoms with Gasteiger partial charge in [-0.25, -0.2) is 0 Å². The summed E-state index contributed by atoms with van der Waals surface area (Å²) in [6, 6.07) is 1.50. The highest BCUT2D eigenvalue weighted by atomic mass is 16.3. The smallest absolute Gasteiger partial charge is 0.255 e. The van der Waals surface area contributed by atoms with Crippen LogP contribution in [0.3, 0.4) is 0 Å². The Morgan fingerprint density at radius 1 is 1.50 bits per heavy atom. The summed E-state index contributed by atoms with van der Waals surface area (Å²) >= 11 is 0. The minimum atomic E-state index is -0.257. The van der Waals surface area contributed by atoms with E-state index in [1.165, 1.54) is 18.5 Å². The van der Waals surface area contributed by atoms with E-state index >= 15 is 0 Å². The number of carbonyl (C=O) groups excluding carboxylic acids is 1. The summed E-state index contributed by atoms with van der Waals surface area (Å²) in [7, 11) is 0. The zero-order valence-electron chi connectivity index (χ0n) is 9.90. The van der Waals surface area contributed by atoms with Crippen LogP contribution in [0.25, 0.3) is 0 Å². The Balaban J connectivity index is 2.57. The molecule has 1 amide bonds. The van der Waals surface area contributed by atoms with Crippen LogP contribution < -0.4 is 5.32 Å². The molecule has 4 heteroatoms. The van der Waals surface area contributed by atoms with Crippen molar-refractivity contribution in [2.75, 3.05) is 6.54 Å². The molecule has 1 rings (SSSR count). The van der Waals surface area contributed by atoms with Crippen molar-refractivity contribution in [3.05, 3.63) is 24.0 Å². The fourth-order valence-electron chi connectivity index (χ4n) is 1.16. The van der Waals surface area contributed by atoms with Gasteiger partial charge in [-0.3, -0.25) is 9.78 Å². The number of pyridine rings is 1. The van der Waals surface area contributed by atoms with Gasteiger partial charge in [-0.15, -0.1) is 0 Å². The lowest BCUT2D eigenvalue weighted by Crippen LogP contribution is -2.30. The molecule has 1 aromatic heterocycles. The third kappa shape index (κ3) is 3.22. The van der Waals surface area contributed by atoms with Crippen molar-refractivity contribution in [3.63, 3.8) is 0 Å². The van der Waals surface area contributed by atoms with Crippen LogP contribution in [-0.2, 0) is 0 Å². The molecule has 1 heterocycles. The van der Waals surface area contributed by atoms with E-state index in [0.29, 0.717) is 18.4 Å². The third-order valence-electron chi connectivity index (χ3n) is 2.77. The molecule has 1 unspecified atom stereocenters. The van der Waals surface area contributed by atoms with Crippen LogP contribution in [0.15, 0.2) is 18.5 Å². The SMILES string of the molecule is CC(C)C(C)CNC(=O)c1ccncc1O. The maximum atomic E-state index is 11.7. The summed E-state index contributed by atoms with van der Waals surface area (Å²) in [5.41, 5.74) is 0.269. The molecule has 0 fully saturated rings. The average molecular weight is 222 g/mol. The molecule has 1 aromatic rings. The molecule has 0 spiro atoms. The minimum absolute atomic E-state index is 0.0859. The summed E-state index contributed by atoms with van der Waals surface area (Å²) in [4.78, 5) is 15.4. The topological polar surface area (TPSA) is 62.2 Å². The molecule has 0 bridgehead atoms. The van der Waals surface area contributed by atoms with Gasteiger partial charge in [0.2, 0.25) is 0 Å². The van der Waals surface area contributed by atoms with Gasteiger partial charge in [-0.2, -0.15) is 0 Å². The second-order valence-corrected chi connectivity index (χ2v) is 4.32. The molecule has 0 aliphatic heterocycles. The van der Waals surface area contributed by atoms with Gasteiger partial charge < -0.3 is 10.4 Å². The van der Waals surface area contributed by atoms with Gasteiger partial charge in [-0.1, -0.05) is 20.8 Å². The minimum Gasteiger partial charge on any atom is -0.505 e. The van der Waals surface area contributed by atoms with Crippen LogP contribution in [0.2, 0.25) is 0 Å². The van der Waals surface area contributed by atoms with Crippen molar-refractivity contribution in [1.29, 1.82) is 0 Å². The number of aromatic hydroxyl groups is 1. The van der Waals surface area contributed by atoms with E-state index in [4.69, 9.17) is 0 Å². The van der Waals surface area contributed by atoms with Gasteiger partial charge >= 0.3 is 0 Å². The molecular formula is C12H18N2O2. The van der Waals surface area contributed by atoms with Crippen molar-refractivity contribution in [3.8, 4) is 5.75 Å². The summed E-state index contributed by atoms with van der Waals surface area (Å²) in [5.74, 6) is 0.587. The lowest BCUT2D eigenvalue weighted by atomic mass is 9.98. The Hall–Kier alpha value is -1.58. The molecule has 0 aliphatic carbocycles. The molecular weight excluding hydrogens is 204 g/mol. The van der Waals surface area contributed by atoms with Crippen LogP contribution in [0.4, 0.5) is 0 Å². The van der Waals surface area contributed by atoms with Crippen LogP contribution in [0.5, 0.6) is 5.75 Å². The van der Waals surface area contributed by atoms with E-state index in [0.717, 1.165) is 0 Å². The maximum absolute atomic E-state index is 11.7. The Bertz CT molecular complexity index is 364. The Morgan fingerprint density at radius 3 is 2.75 bits per heavy atom. The van der Waals surface area contributed by atoms with Gasteiger partial charge in [0.25, 0.3) is 5.91 Å². The van der Waals surface area contributed by atoms with Crippen LogP contribution >= 0.6 is 0 Å². The fraction of sp³-hybridized carbons (Fsp3) is 0.500. The number of nitrogens with one attached hydrogen (secondary N) is 1. The highest BCUT2D eigenvalue weighted by Gasteiger charge is 2.13. The fourth-order valence-corrected chi connectivity index (χ4v) is 1.16.